The lowest BCUT2D eigenvalue weighted by atomic mass is 10.2. The molecule has 158 valence electrons. The molecular formula is C20H14ClFN4O3S2. The number of allylic oxidation sites excluding steroid dienone is 1. The minimum atomic E-state index is -4.12. The summed E-state index contributed by atoms with van der Waals surface area (Å²) in [6.45, 7) is 0. The Hall–Kier alpha value is -3.08. The van der Waals surface area contributed by atoms with Gasteiger partial charge in [-0.25, -0.2) is 8.70 Å². The third-order valence-corrected chi connectivity index (χ3v) is 7.15. The van der Waals surface area contributed by atoms with Gasteiger partial charge in [0, 0.05) is 35.6 Å². The number of pyridine rings is 1. The smallest absolute Gasteiger partial charge is 0.321 e. The van der Waals surface area contributed by atoms with E-state index in [-0.39, 0.29) is 22.1 Å². The highest BCUT2D eigenvalue weighted by molar-refractivity contribution is 7.88. The number of halogens is 2. The van der Waals surface area contributed by atoms with Crippen molar-refractivity contribution in [1.29, 1.82) is 0 Å². The Balaban J connectivity index is 1.67. The predicted octanol–water partition coefficient (Wildman–Crippen LogP) is 4.10. The lowest BCUT2D eigenvalue weighted by molar-refractivity contribution is -0.113. The van der Waals surface area contributed by atoms with Crippen LogP contribution in [0.5, 0.6) is 0 Å². The number of likely N-dealkylation sites (N-methyl/N-ethyl adjacent to an activating group) is 1. The van der Waals surface area contributed by atoms with Gasteiger partial charge in [0.25, 0.3) is 5.91 Å². The van der Waals surface area contributed by atoms with E-state index in [1.54, 1.807) is 24.5 Å². The number of benzene rings is 1. The molecule has 11 heteroatoms. The average molecular weight is 477 g/mol. The molecule has 0 saturated carbocycles. The second-order valence-electron chi connectivity index (χ2n) is 6.44. The van der Waals surface area contributed by atoms with E-state index in [1.165, 1.54) is 36.6 Å². The zero-order valence-electron chi connectivity index (χ0n) is 15.9. The summed E-state index contributed by atoms with van der Waals surface area (Å²) in [6.07, 6.45) is 4.75. The minimum absolute atomic E-state index is 0.137. The Morgan fingerprint density at radius 3 is 2.68 bits per heavy atom. The SMILES string of the molecule is CN1C(C(=O)Nc2ccc(F)c(Cl)c2)=CC(c2ccc(-c3cccnc3)s2)=NS1(=O)=O. The van der Waals surface area contributed by atoms with Gasteiger partial charge in [-0.3, -0.25) is 9.78 Å². The van der Waals surface area contributed by atoms with Gasteiger partial charge in [-0.05, 0) is 42.5 Å². The van der Waals surface area contributed by atoms with Gasteiger partial charge < -0.3 is 5.32 Å². The van der Waals surface area contributed by atoms with Crippen LogP contribution in [0.1, 0.15) is 4.88 Å². The quantitative estimate of drug-likeness (QED) is 0.613. The highest BCUT2D eigenvalue weighted by Gasteiger charge is 2.30. The summed E-state index contributed by atoms with van der Waals surface area (Å²) in [5.74, 6) is -1.34. The first-order valence-corrected chi connectivity index (χ1v) is 11.4. The average Bonchev–Trinajstić information content (AvgIpc) is 3.23. The fraction of sp³-hybridized carbons (Fsp3) is 0.0500. The molecule has 0 unspecified atom stereocenters. The Kier molecular flexibility index (Phi) is 5.61. The van der Waals surface area contributed by atoms with Gasteiger partial charge in [-0.1, -0.05) is 17.7 Å². The van der Waals surface area contributed by atoms with Crippen LogP contribution < -0.4 is 5.32 Å². The molecule has 0 radical (unpaired) electrons. The van der Waals surface area contributed by atoms with Crippen LogP contribution >= 0.6 is 22.9 Å². The van der Waals surface area contributed by atoms with E-state index in [9.17, 15) is 17.6 Å². The van der Waals surface area contributed by atoms with E-state index in [1.807, 2.05) is 12.1 Å². The molecule has 1 amide bonds. The number of hydrogen-bond acceptors (Lipinski definition) is 5. The van der Waals surface area contributed by atoms with E-state index < -0.39 is 21.9 Å². The van der Waals surface area contributed by atoms with Gasteiger partial charge in [0.2, 0.25) is 0 Å². The summed E-state index contributed by atoms with van der Waals surface area (Å²) in [4.78, 5) is 18.3. The van der Waals surface area contributed by atoms with Crippen molar-refractivity contribution >= 4 is 50.5 Å². The topological polar surface area (TPSA) is 91.7 Å². The largest absolute Gasteiger partial charge is 0.345 e. The zero-order valence-corrected chi connectivity index (χ0v) is 18.3. The summed E-state index contributed by atoms with van der Waals surface area (Å²) in [5, 5.41) is 2.36. The number of carbonyl (C=O) groups excluding carboxylic acids is 1. The Morgan fingerprint density at radius 1 is 1.19 bits per heavy atom. The molecule has 7 nitrogen and oxygen atoms in total. The first-order valence-electron chi connectivity index (χ1n) is 8.82. The van der Waals surface area contributed by atoms with Crippen molar-refractivity contribution in [2.45, 2.75) is 0 Å². The molecule has 3 heterocycles. The van der Waals surface area contributed by atoms with E-state index in [0.717, 1.165) is 20.8 Å². The molecule has 0 spiro atoms. The number of carbonyl (C=O) groups is 1. The van der Waals surface area contributed by atoms with Crippen molar-refractivity contribution in [2.75, 3.05) is 12.4 Å². The molecule has 1 aliphatic rings. The van der Waals surface area contributed by atoms with E-state index >= 15 is 0 Å². The van der Waals surface area contributed by atoms with E-state index in [2.05, 4.69) is 14.7 Å². The molecule has 0 aliphatic carbocycles. The van der Waals surface area contributed by atoms with Crippen molar-refractivity contribution in [1.82, 2.24) is 9.29 Å². The third kappa shape index (κ3) is 4.36. The lowest BCUT2D eigenvalue weighted by Crippen LogP contribution is -2.35. The van der Waals surface area contributed by atoms with Crippen LogP contribution in [-0.2, 0) is 15.0 Å². The summed E-state index contributed by atoms with van der Waals surface area (Å²) < 4.78 is 43.1. The fourth-order valence-corrected chi connectivity index (χ4v) is 4.89. The van der Waals surface area contributed by atoms with Crippen LogP contribution in [0.25, 0.3) is 10.4 Å². The minimum Gasteiger partial charge on any atom is -0.321 e. The van der Waals surface area contributed by atoms with Crippen LogP contribution in [0.15, 0.2) is 71.0 Å². The van der Waals surface area contributed by atoms with Gasteiger partial charge in [-0.15, -0.1) is 15.7 Å². The monoisotopic (exact) mass is 476 g/mol. The van der Waals surface area contributed by atoms with Crippen LogP contribution in [-0.4, -0.2) is 36.4 Å². The summed E-state index contributed by atoms with van der Waals surface area (Å²) in [5.41, 5.74) is 1.11. The molecule has 4 rings (SSSR count). The van der Waals surface area contributed by atoms with Crippen LogP contribution in [0, 0.1) is 5.82 Å². The number of amides is 1. The van der Waals surface area contributed by atoms with Crippen molar-refractivity contribution in [3.05, 3.63) is 82.3 Å². The van der Waals surface area contributed by atoms with Crippen LogP contribution in [0.2, 0.25) is 5.02 Å². The number of thiophene rings is 1. The van der Waals surface area contributed by atoms with Crippen LogP contribution in [0.3, 0.4) is 0 Å². The number of nitrogens with zero attached hydrogens (tertiary/aromatic N) is 3. The van der Waals surface area contributed by atoms with Gasteiger partial charge in [-0.2, -0.15) is 8.42 Å². The highest BCUT2D eigenvalue weighted by Crippen LogP contribution is 2.30. The van der Waals surface area contributed by atoms with Gasteiger partial charge in [0.05, 0.1) is 15.6 Å². The van der Waals surface area contributed by atoms with Crippen molar-refractivity contribution < 1.29 is 17.6 Å². The molecule has 0 atom stereocenters. The highest BCUT2D eigenvalue weighted by atomic mass is 35.5. The number of aromatic nitrogens is 1. The maximum atomic E-state index is 13.4. The molecule has 1 aliphatic heterocycles. The standard InChI is InChI=1S/C20H14ClFN4O3S2/c1-26-17(20(27)24-13-4-5-15(22)14(21)9-13)10-16(25-31(26,28)29)19-7-6-18(30-19)12-3-2-8-23-11-12/h2-11H,1H3,(H,24,27). The molecule has 3 aromatic rings. The second-order valence-corrected chi connectivity index (χ2v) is 9.56. The maximum absolute atomic E-state index is 13.4. The maximum Gasteiger partial charge on any atom is 0.345 e. The first-order chi connectivity index (χ1) is 14.7. The molecule has 1 aromatic carbocycles. The summed E-state index contributed by atoms with van der Waals surface area (Å²) in [7, 11) is -2.88. The summed E-state index contributed by atoms with van der Waals surface area (Å²) >= 11 is 7.07. The molecular weight excluding hydrogens is 463 g/mol. The molecule has 1 N–H and O–H groups in total. The molecule has 0 saturated heterocycles. The second kappa shape index (κ2) is 8.22. The number of anilines is 1. The van der Waals surface area contributed by atoms with E-state index in [4.69, 9.17) is 11.6 Å². The normalized spacial score (nSPS) is 15.3. The molecule has 2 aromatic heterocycles. The lowest BCUT2D eigenvalue weighted by Gasteiger charge is -2.23. The summed E-state index contributed by atoms with van der Waals surface area (Å²) in [6, 6.07) is 10.9. The molecule has 0 bridgehead atoms. The number of rotatable bonds is 4. The van der Waals surface area contributed by atoms with Crippen molar-refractivity contribution in [3.63, 3.8) is 0 Å². The fourth-order valence-electron chi connectivity index (χ4n) is 2.79. The molecule has 0 fully saturated rings. The van der Waals surface area contributed by atoms with Gasteiger partial charge >= 0.3 is 10.2 Å². The first kappa shape index (κ1) is 21.2. The Morgan fingerprint density at radius 2 is 1.97 bits per heavy atom. The van der Waals surface area contributed by atoms with Crippen molar-refractivity contribution in [3.8, 4) is 10.4 Å². The third-order valence-electron chi connectivity index (χ3n) is 4.39. The van der Waals surface area contributed by atoms with Crippen molar-refractivity contribution in [2.24, 2.45) is 4.40 Å². The number of hydrogen-bond donors (Lipinski definition) is 1. The Bertz CT molecular complexity index is 1340. The Labute approximate surface area is 186 Å². The van der Waals surface area contributed by atoms with Gasteiger partial charge in [0.15, 0.2) is 0 Å². The number of nitrogens with one attached hydrogen (secondary N) is 1. The molecule has 31 heavy (non-hydrogen) atoms. The predicted molar refractivity (Wildman–Crippen MR) is 119 cm³/mol. The van der Waals surface area contributed by atoms with Crippen LogP contribution in [0.4, 0.5) is 10.1 Å². The van der Waals surface area contributed by atoms with Gasteiger partial charge in [0.1, 0.15) is 11.5 Å². The van der Waals surface area contributed by atoms with E-state index in [0.29, 0.717) is 4.88 Å². The zero-order chi connectivity index (χ0) is 22.2.